The van der Waals surface area contributed by atoms with Crippen LogP contribution in [0.2, 0.25) is 0 Å². The van der Waals surface area contributed by atoms with Crippen molar-refractivity contribution in [3.63, 3.8) is 0 Å². The molecule has 0 bridgehead atoms. The molecule has 2 atom stereocenters. The Morgan fingerprint density at radius 3 is 2.70 bits per heavy atom. The Bertz CT molecular complexity index is 560. The molecule has 0 saturated carbocycles. The molecule has 5 nitrogen and oxygen atoms in total. The first kappa shape index (κ1) is 17.5. The van der Waals surface area contributed by atoms with Gasteiger partial charge in [0.25, 0.3) is 0 Å². The highest BCUT2D eigenvalue weighted by Crippen LogP contribution is 2.26. The molecule has 1 aromatic carbocycles. The lowest BCUT2D eigenvalue weighted by Gasteiger charge is -2.35. The van der Waals surface area contributed by atoms with Crippen LogP contribution in [-0.4, -0.2) is 54.7 Å². The predicted octanol–water partition coefficient (Wildman–Crippen LogP) is 2.48. The Hall–Kier alpha value is -1.85. The largest absolute Gasteiger partial charge is 0.504 e. The topological polar surface area (TPSA) is 59.0 Å². The van der Waals surface area contributed by atoms with Gasteiger partial charge in [0.05, 0.1) is 19.3 Å². The summed E-state index contributed by atoms with van der Waals surface area (Å²) >= 11 is 0. The molecule has 1 heterocycles. The number of nitrogens with zero attached hydrogens (tertiary/aromatic N) is 1. The van der Waals surface area contributed by atoms with Crippen LogP contribution < -0.4 is 4.74 Å². The van der Waals surface area contributed by atoms with E-state index in [0.29, 0.717) is 12.2 Å². The van der Waals surface area contributed by atoms with Crippen LogP contribution in [0.1, 0.15) is 25.8 Å². The molecule has 2 rings (SSSR count). The summed E-state index contributed by atoms with van der Waals surface area (Å²) in [6, 6.07) is 5.05. The minimum absolute atomic E-state index is 0.0680. The van der Waals surface area contributed by atoms with Gasteiger partial charge < -0.3 is 14.6 Å². The van der Waals surface area contributed by atoms with Crippen LogP contribution >= 0.6 is 0 Å². The molecule has 1 fully saturated rings. The molecule has 1 N–H and O–H groups in total. The molecule has 0 spiro atoms. The number of carbonyl (C=O) groups is 1. The number of benzene rings is 1. The standard InChI is InChI=1S/C18H25NO4/c1-13-11-19(12-14(2)23-13)9-8-16(20)6-4-15-5-7-18(22-3)17(21)10-15/h4-7,10,13-14,21H,8-9,11-12H2,1-3H3. The summed E-state index contributed by atoms with van der Waals surface area (Å²) < 4.78 is 10.7. The highest BCUT2D eigenvalue weighted by molar-refractivity contribution is 5.93. The smallest absolute Gasteiger partial charge is 0.160 e. The van der Waals surface area contributed by atoms with Crippen LogP contribution in [0, 0.1) is 0 Å². The van der Waals surface area contributed by atoms with E-state index in [1.807, 2.05) is 0 Å². The third kappa shape index (κ3) is 5.37. The number of phenolic OH excluding ortho intramolecular Hbond substituents is 1. The number of ether oxygens (including phenoxy) is 2. The zero-order valence-electron chi connectivity index (χ0n) is 14.0. The van der Waals surface area contributed by atoms with Gasteiger partial charge in [-0.15, -0.1) is 0 Å². The lowest BCUT2D eigenvalue weighted by Crippen LogP contribution is -2.45. The van der Waals surface area contributed by atoms with Crippen LogP contribution in [0.3, 0.4) is 0 Å². The maximum atomic E-state index is 12.0. The van der Waals surface area contributed by atoms with E-state index >= 15 is 0 Å². The zero-order chi connectivity index (χ0) is 16.8. The normalized spacial score (nSPS) is 22.4. The number of rotatable bonds is 6. The number of morpholine rings is 1. The summed E-state index contributed by atoms with van der Waals surface area (Å²) in [6.45, 7) is 6.59. The maximum absolute atomic E-state index is 12.0. The number of allylic oxidation sites excluding steroid dienone is 1. The zero-order valence-corrected chi connectivity index (χ0v) is 14.0. The van der Waals surface area contributed by atoms with E-state index in [-0.39, 0.29) is 23.7 Å². The van der Waals surface area contributed by atoms with E-state index in [1.165, 1.54) is 7.11 Å². The molecule has 0 aromatic heterocycles. The van der Waals surface area contributed by atoms with Gasteiger partial charge in [0.2, 0.25) is 0 Å². The Morgan fingerprint density at radius 1 is 1.39 bits per heavy atom. The van der Waals surface area contributed by atoms with Crippen LogP contribution in [-0.2, 0) is 9.53 Å². The van der Waals surface area contributed by atoms with E-state index in [9.17, 15) is 9.90 Å². The van der Waals surface area contributed by atoms with Crippen LogP contribution in [0.4, 0.5) is 0 Å². The summed E-state index contributed by atoms with van der Waals surface area (Å²) in [5.41, 5.74) is 0.769. The summed E-state index contributed by atoms with van der Waals surface area (Å²) in [5.74, 6) is 0.564. The van der Waals surface area contributed by atoms with Gasteiger partial charge >= 0.3 is 0 Å². The summed E-state index contributed by atoms with van der Waals surface area (Å²) in [6.07, 6.45) is 4.19. The van der Waals surface area contributed by atoms with Crippen molar-refractivity contribution < 1.29 is 19.4 Å². The van der Waals surface area contributed by atoms with Crippen molar-refractivity contribution in [3.05, 3.63) is 29.8 Å². The molecule has 0 radical (unpaired) electrons. The van der Waals surface area contributed by atoms with E-state index in [1.54, 1.807) is 30.4 Å². The van der Waals surface area contributed by atoms with Crippen molar-refractivity contribution >= 4 is 11.9 Å². The van der Waals surface area contributed by atoms with E-state index in [2.05, 4.69) is 18.7 Å². The Labute approximate surface area is 137 Å². The molecular formula is C18H25NO4. The molecule has 23 heavy (non-hydrogen) atoms. The highest BCUT2D eigenvalue weighted by atomic mass is 16.5. The van der Waals surface area contributed by atoms with E-state index in [0.717, 1.165) is 25.2 Å². The average Bonchev–Trinajstić information content (AvgIpc) is 2.50. The molecule has 1 aliphatic rings. The fourth-order valence-electron chi connectivity index (χ4n) is 2.82. The van der Waals surface area contributed by atoms with Crippen molar-refractivity contribution in [2.45, 2.75) is 32.5 Å². The quantitative estimate of drug-likeness (QED) is 0.816. The molecule has 0 amide bonds. The number of methoxy groups -OCH3 is 1. The van der Waals surface area contributed by atoms with Gasteiger partial charge in [-0.3, -0.25) is 9.69 Å². The first-order valence-corrected chi connectivity index (χ1v) is 7.93. The molecule has 1 aromatic rings. The van der Waals surface area contributed by atoms with E-state index < -0.39 is 0 Å². The van der Waals surface area contributed by atoms with Crippen molar-refractivity contribution in [1.82, 2.24) is 4.90 Å². The lowest BCUT2D eigenvalue weighted by molar-refractivity contribution is -0.116. The first-order valence-electron chi connectivity index (χ1n) is 7.93. The average molecular weight is 319 g/mol. The number of phenols is 1. The molecule has 1 aliphatic heterocycles. The van der Waals surface area contributed by atoms with Gasteiger partial charge in [-0.05, 0) is 37.6 Å². The van der Waals surface area contributed by atoms with Gasteiger partial charge in [0.1, 0.15) is 0 Å². The predicted molar refractivity (Wildman–Crippen MR) is 89.8 cm³/mol. The molecule has 2 unspecified atom stereocenters. The SMILES string of the molecule is COc1ccc(C=CC(=O)CCN2CC(C)OC(C)C2)cc1O. The second-order valence-corrected chi connectivity index (χ2v) is 6.00. The van der Waals surface area contributed by atoms with Gasteiger partial charge in [-0.1, -0.05) is 12.1 Å². The fraction of sp³-hybridized carbons (Fsp3) is 0.500. The molecule has 0 aliphatic carbocycles. The van der Waals surface area contributed by atoms with Crippen molar-refractivity contribution in [1.29, 1.82) is 0 Å². The monoisotopic (exact) mass is 319 g/mol. The van der Waals surface area contributed by atoms with Gasteiger partial charge in [-0.25, -0.2) is 0 Å². The number of carbonyl (C=O) groups excluding carboxylic acids is 1. The van der Waals surface area contributed by atoms with Crippen LogP contribution in [0.25, 0.3) is 6.08 Å². The third-order valence-electron chi connectivity index (χ3n) is 3.83. The summed E-state index contributed by atoms with van der Waals surface area (Å²) in [5, 5.41) is 9.72. The Balaban J connectivity index is 1.83. The van der Waals surface area contributed by atoms with Crippen LogP contribution in [0.5, 0.6) is 11.5 Å². The van der Waals surface area contributed by atoms with Crippen LogP contribution in [0.15, 0.2) is 24.3 Å². The Morgan fingerprint density at radius 2 is 2.09 bits per heavy atom. The van der Waals surface area contributed by atoms with Gasteiger partial charge in [0, 0.05) is 26.1 Å². The van der Waals surface area contributed by atoms with E-state index in [4.69, 9.17) is 9.47 Å². The second-order valence-electron chi connectivity index (χ2n) is 6.00. The van der Waals surface area contributed by atoms with Crippen molar-refractivity contribution in [2.24, 2.45) is 0 Å². The maximum Gasteiger partial charge on any atom is 0.160 e. The van der Waals surface area contributed by atoms with Crippen molar-refractivity contribution in [3.8, 4) is 11.5 Å². The minimum atomic E-state index is 0.0680. The molecule has 1 saturated heterocycles. The minimum Gasteiger partial charge on any atom is -0.504 e. The molecule has 126 valence electrons. The number of ketones is 1. The number of hydrogen-bond donors (Lipinski definition) is 1. The third-order valence-corrected chi connectivity index (χ3v) is 3.83. The number of hydrogen-bond acceptors (Lipinski definition) is 5. The fourth-order valence-corrected chi connectivity index (χ4v) is 2.82. The number of aromatic hydroxyl groups is 1. The first-order chi connectivity index (χ1) is 11.0. The summed E-state index contributed by atoms with van der Waals surface area (Å²) in [4.78, 5) is 14.3. The Kier molecular flexibility index (Phi) is 6.19. The van der Waals surface area contributed by atoms with Crippen molar-refractivity contribution in [2.75, 3.05) is 26.7 Å². The van der Waals surface area contributed by atoms with Gasteiger partial charge in [-0.2, -0.15) is 0 Å². The highest BCUT2D eigenvalue weighted by Gasteiger charge is 2.21. The molecular weight excluding hydrogens is 294 g/mol. The summed E-state index contributed by atoms with van der Waals surface area (Å²) in [7, 11) is 1.50. The molecule has 5 heteroatoms. The lowest BCUT2D eigenvalue weighted by atomic mass is 10.1. The van der Waals surface area contributed by atoms with Gasteiger partial charge in [0.15, 0.2) is 17.3 Å². The second kappa shape index (κ2) is 8.13.